The quantitative estimate of drug-likeness (QED) is 0.452. The number of amides is 1. The number of aromatic nitrogens is 1. The number of rotatable bonds is 5. The van der Waals surface area contributed by atoms with Crippen LogP contribution in [0.15, 0.2) is 48.5 Å². The summed E-state index contributed by atoms with van der Waals surface area (Å²) in [5.74, 6) is 1.31. The zero-order valence-corrected chi connectivity index (χ0v) is 20.5. The molecule has 5 heteroatoms. The van der Waals surface area contributed by atoms with Gasteiger partial charge in [0.05, 0.1) is 10.5 Å². The lowest BCUT2D eigenvalue weighted by Gasteiger charge is -2.33. The van der Waals surface area contributed by atoms with Crippen molar-refractivity contribution in [2.24, 2.45) is 11.8 Å². The van der Waals surface area contributed by atoms with Crippen molar-refractivity contribution in [2.75, 3.05) is 13.1 Å². The molecule has 4 nitrogen and oxygen atoms in total. The number of carbonyl (C=O) groups excluding carboxylic acids is 1. The molecule has 1 aliphatic carbocycles. The van der Waals surface area contributed by atoms with Gasteiger partial charge in [-0.25, -0.2) is 0 Å². The van der Waals surface area contributed by atoms with Gasteiger partial charge < -0.3 is 5.32 Å². The van der Waals surface area contributed by atoms with Crippen LogP contribution < -0.4 is 5.32 Å². The Morgan fingerprint density at radius 1 is 0.941 bits per heavy atom. The topological polar surface area (TPSA) is 45.2 Å². The van der Waals surface area contributed by atoms with Crippen molar-refractivity contribution >= 4 is 28.4 Å². The minimum atomic E-state index is -0.0270. The minimum absolute atomic E-state index is 0.0270. The zero-order chi connectivity index (χ0) is 23.2. The molecule has 176 valence electrons. The molecular formula is C29H32ClN3O. The van der Waals surface area contributed by atoms with Gasteiger partial charge in [-0.05, 0) is 86.6 Å². The summed E-state index contributed by atoms with van der Waals surface area (Å²) in [5, 5.41) is 4.60. The Kier molecular flexibility index (Phi) is 5.82. The van der Waals surface area contributed by atoms with Crippen LogP contribution >= 0.6 is 11.6 Å². The Labute approximate surface area is 206 Å². The molecule has 3 aliphatic rings. The molecule has 1 saturated carbocycles. The van der Waals surface area contributed by atoms with Gasteiger partial charge in [0, 0.05) is 41.8 Å². The van der Waals surface area contributed by atoms with E-state index in [4.69, 9.17) is 11.6 Å². The lowest BCUT2D eigenvalue weighted by molar-refractivity contribution is 0.0938. The van der Waals surface area contributed by atoms with E-state index >= 15 is 0 Å². The molecule has 1 amide bonds. The van der Waals surface area contributed by atoms with Gasteiger partial charge in [-0.3, -0.25) is 14.7 Å². The summed E-state index contributed by atoms with van der Waals surface area (Å²) in [6.07, 6.45) is 7.56. The van der Waals surface area contributed by atoms with Crippen molar-refractivity contribution in [3.05, 3.63) is 75.9 Å². The van der Waals surface area contributed by atoms with Crippen molar-refractivity contribution in [1.29, 1.82) is 0 Å². The molecule has 3 heterocycles. The number of nitrogens with one attached hydrogen (secondary N) is 1. The molecule has 2 atom stereocenters. The van der Waals surface area contributed by atoms with E-state index < -0.39 is 0 Å². The fourth-order valence-electron chi connectivity index (χ4n) is 6.63. The van der Waals surface area contributed by atoms with Crippen LogP contribution in [0.1, 0.15) is 77.8 Å². The smallest absolute Gasteiger partial charge is 0.251 e. The largest absolute Gasteiger partial charge is 0.352 e. The Balaban J connectivity index is 1.03. The number of hydrogen-bond donors (Lipinski definition) is 1. The summed E-state index contributed by atoms with van der Waals surface area (Å²) in [5.41, 5.74) is 5.41. The first-order valence-corrected chi connectivity index (χ1v) is 13.1. The molecule has 0 spiro atoms. The van der Waals surface area contributed by atoms with Gasteiger partial charge in [0.25, 0.3) is 5.91 Å². The van der Waals surface area contributed by atoms with Gasteiger partial charge in [-0.1, -0.05) is 41.9 Å². The fourth-order valence-corrected chi connectivity index (χ4v) is 6.84. The van der Waals surface area contributed by atoms with Gasteiger partial charge in [0.15, 0.2) is 0 Å². The van der Waals surface area contributed by atoms with Crippen molar-refractivity contribution in [3.8, 4) is 0 Å². The van der Waals surface area contributed by atoms with Crippen LogP contribution in [0, 0.1) is 18.8 Å². The number of hydrogen-bond acceptors (Lipinski definition) is 3. The molecule has 2 bridgehead atoms. The third-order valence-electron chi connectivity index (χ3n) is 8.41. The highest BCUT2D eigenvalue weighted by atomic mass is 35.5. The first-order valence-electron chi connectivity index (χ1n) is 12.8. The fraction of sp³-hybridized carbons (Fsp3) is 0.448. The average Bonchev–Trinajstić information content (AvgIpc) is 3.39. The van der Waals surface area contributed by atoms with Gasteiger partial charge in [-0.15, -0.1) is 0 Å². The lowest BCUT2D eigenvalue weighted by Crippen LogP contribution is -2.34. The second kappa shape index (κ2) is 8.98. The molecule has 2 aromatic carbocycles. The van der Waals surface area contributed by atoms with E-state index in [0.29, 0.717) is 34.1 Å². The zero-order valence-electron chi connectivity index (χ0n) is 19.8. The van der Waals surface area contributed by atoms with Crippen molar-refractivity contribution in [1.82, 2.24) is 15.2 Å². The van der Waals surface area contributed by atoms with Crippen LogP contribution in [0.2, 0.25) is 5.02 Å². The van der Waals surface area contributed by atoms with Gasteiger partial charge >= 0.3 is 0 Å². The first kappa shape index (κ1) is 22.1. The molecule has 0 radical (unpaired) electrons. The molecule has 2 aliphatic heterocycles. The Hall–Kier alpha value is -2.43. The molecular weight excluding hydrogens is 442 g/mol. The van der Waals surface area contributed by atoms with E-state index in [9.17, 15) is 4.79 Å². The highest BCUT2D eigenvalue weighted by Crippen LogP contribution is 2.53. The van der Waals surface area contributed by atoms with Crippen LogP contribution in [0.4, 0.5) is 0 Å². The number of benzene rings is 2. The summed E-state index contributed by atoms with van der Waals surface area (Å²) in [6.45, 7) is 3.91. The highest BCUT2D eigenvalue weighted by Gasteiger charge is 2.44. The maximum absolute atomic E-state index is 13.0. The summed E-state index contributed by atoms with van der Waals surface area (Å²) in [4.78, 5) is 20.3. The maximum atomic E-state index is 13.0. The molecule has 34 heavy (non-hydrogen) atoms. The normalized spacial score (nSPS) is 26.1. The number of pyridine rings is 1. The van der Waals surface area contributed by atoms with E-state index in [1.165, 1.54) is 45.1 Å². The average molecular weight is 474 g/mol. The Bertz CT molecular complexity index is 1200. The molecule has 1 aromatic heterocycles. The molecule has 1 saturated heterocycles. The van der Waals surface area contributed by atoms with E-state index in [2.05, 4.69) is 39.5 Å². The van der Waals surface area contributed by atoms with Gasteiger partial charge in [-0.2, -0.15) is 0 Å². The van der Waals surface area contributed by atoms with Crippen LogP contribution in [0.3, 0.4) is 0 Å². The highest BCUT2D eigenvalue weighted by molar-refractivity contribution is 6.35. The standard InChI is InChI=1S/C29H32ClN3O/c1-18-6-11-23-24(12-13-25(30)28(23)32-18)29(34)31-16-19-7-9-20(10-8-19)17-33-26-14-15-27(33)22-5-3-2-4-21(22)26/h2-6,11-13,19-20,26-27H,7-10,14-17H2,1H3,(H,31,34)/t19?,20?,26-,27-/m0/s1. The second-order valence-electron chi connectivity index (χ2n) is 10.5. The molecule has 6 rings (SSSR count). The lowest BCUT2D eigenvalue weighted by atomic mass is 9.81. The SMILES string of the molecule is Cc1ccc2c(C(=O)NCC3CCC(CN4[C@H]5CC[C@H]4c4ccccc45)CC3)ccc(Cl)c2n1. The molecule has 2 fully saturated rings. The molecule has 1 N–H and O–H groups in total. The van der Waals surface area contributed by atoms with Crippen molar-refractivity contribution < 1.29 is 4.79 Å². The number of nitrogens with zero attached hydrogens (tertiary/aromatic N) is 2. The predicted molar refractivity (Wildman–Crippen MR) is 137 cm³/mol. The first-order chi connectivity index (χ1) is 16.6. The minimum Gasteiger partial charge on any atom is -0.352 e. The van der Waals surface area contributed by atoms with Crippen LogP contribution in [-0.4, -0.2) is 28.9 Å². The van der Waals surface area contributed by atoms with E-state index in [-0.39, 0.29) is 5.91 Å². The Morgan fingerprint density at radius 3 is 2.32 bits per heavy atom. The molecule has 0 unspecified atom stereocenters. The van der Waals surface area contributed by atoms with Crippen LogP contribution in [0.25, 0.3) is 10.9 Å². The maximum Gasteiger partial charge on any atom is 0.251 e. The summed E-state index contributed by atoms with van der Waals surface area (Å²) in [7, 11) is 0. The molecule has 3 aromatic rings. The Morgan fingerprint density at radius 2 is 1.62 bits per heavy atom. The number of halogens is 1. The summed E-state index contributed by atoms with van der Waals surface area (Å²) in [6, 6.07) is 17.8. The van der Waals surface area contributed by atoms with Crippen molar-refractivity contribution in [3.63, 3.8) is 0 Å². The monoisotopic (exact) mass is 473 g/mol. The van der Waals surface area contributed by atoms with Crippen LogP contribution in [-0.2, 0) is 0 Å². The third-order valence-corrected chi connectivity index (χ3v) is 8.71. The van der Waals surface area contributed by atoms with Gasteiger partial charge in [0.2, 0.25) is 0 Å². The summed E-state index contributed by atoms with van der Waals surface area (Å²) < 4.78 is 0. The van der Waals surface area contributed by atoms with Crippen LogP contribution in [0.5, 0.6) is 0 Å². The van der Waals surface area contributed by atoms with E-state index in [1.54, 1.807) is 17.2 Å². The number of carbonyl (C=O) groups is 1. The van der Waals surface area contributed by atoms with Crippen molar-refractivity contribution in [2.45, 2.75) is 57.5 Å². The van der Waals surface area contributed by atoms with Gasteiger partial charge in [0.1, 0.15) is 0 Å². The number of fused-ring (bicyclic) bond motifs is 6. The predicted octanol–water partition coefficient (Wildman–Crippen LogP) is 6.62. The second-order valence-corrected chi connectivity index (χ2v) is 10.9. The van der Waals surface area contributed by atoms with E-state index in [0.717, 1.165) is 23.5 Å². The van der Waals surface area contributed by atoms with E-state index in [1.807, 2.05) is 25.1 Å². The number of aryl methyl sites for hydroxylation is 1. The summed E-state index contributed by atoms with van der Waals surface area (Å²) >= 11 is 6.33. The third kappa shape index (κ3) is 3.91.